The smallest absolute Gasteiger partial charge is 0.303 e. The van der Waals surface area contributed by atoms with Gasteiger partial charge in [-0.1, -0.05) is 90.9 Å². The summed E-state index contributed by atoms with van der Waals surface area (Å²) in [5.74, 6) is -0.203. The van der Waals surface area contributed by atoms with Gasteiger partial charge in [0.2, 0.25) is 0 Å². The summed E-state index contributed by atoms with van der Waals surface area (Å²) >= 11 is 0. The summed E-state index contributed by atoms with van der Waals surface area (Å²) in [6.45, 7) is 4.46. The van der Waals surface area contributed by atoms with E-state index in [4.69, 9.17) is 5.11 Å². The molecule has 0 heterocycles. The molecule has 0 aromatic rings. The van der Waals surface area contributed by atoms with Gasteiger partial charge in [-0.15, -0.1) is 0 Å². The molecular weight excluding hydrogens is 260 g/mol. The lowest BCUT2D eigenvalue weighted by Crippen LogP contribution is -2.08. The summed E-state index contributed by atoms with van der Waals surface area (Å²) in [5, 5.41) is 8.98. The maximum absolute atomic E-state index is 10.9. The average molecular weight is 299 g/mol. The fourth-order valence-corrected chi connectivity index (χ4v) is 3.02. The van der Waals surface area contributed by atoms with Crippen LogP contribution in [-0.4, -0.2) is 11.1 Å². The summed E-state index contributed by atoms with van der Waals surface area (Å²) in [6, 6.07) is 0. The topological polar surface area (TPSA) is 37.3 Å². The lowest BCUT2D eigenvalue weighted by atomic mass is 9.92. The van der Waals surface area contributed by atoms with E-state index in [1.54, 1.807) is 0 Å². The SMILES string of the molecule is CCCCCCCCCCCC(CCCCC)CC(=O)O. The monoisotopic (exact) mass is 298 g/mol. The minimum atomic E-state index is -0.618. The van der Waals surface area contributed by atoms with Crippen molar-refractivity contribution in [3.05, 3.63) is 0 Å². The maximum Gasteiger partial charge on any atom is 0.303 e. The predicted molar refractivity (Wildman–Crippen MR) is 91.7 cm³/mol. The summed E-state index contributed by atoms with van der Waals surface area (Å²) in [7, 11) is 0. The molecule has 1 atom stereocenters. The van der Waals surface area contributed by atoms with Crippen molar-refractivity contribution >= 4 is 5.97 Å². The van der Waals surface area contributed by atoms with Crippen LogP contribution in [0.2, 0.25) is 0 Å². The van der Waals surface area contributed by atoms with Gasteiger partial charge in [-0.3, -0.25) is 4.79 Å². The predicted octanol–water partition coefficient (Wildman–Crippen LogP) is 6.58. The Kier molecular flexibility index (Phi) is 15.5. The normalized spacial score (nSPS) is 12.5. The van der Waals surface area contributed by atoms with Crippen LogP contribution in [0.5, 0.6) is 0 Å². The quantitative estimate of drug-likeness (QED) is 0.327. The van der Waals surface area contributed by atoms with Crippen LogP contribution < -0.4 is 0 Å². The zero-order valence-electron chi connectivity index (χ0n) is 14.5. The van der Waals surface area contributed by atoms with Crippen molar-refractivity contribution in [3.63, 3.8) is 0 Å². The van der Waals surface area contributed by atoms with Gasteiger partial charge in [0, 0.05) is 6.42 Å². The third kappa shape index (κ3) is 15.7. The third-order valence-corrected chi connectivity index (χ3v) is 4.40. The van der Waals surface area contributed by atoms with Gasteiger partial charge in [-0.25, -0.2) is 0 Å². The highest BCUT2D eigenvalue weighted by molar-refractivity contribution is 5.66. The molecule has 0 bridgehead atoms. The van der Waals surface area contributed by atoms with Crippen molar-refractivity contribution in [2.24, 2.45) is 5.92 Å². The molecule has 0 saturated heterocycles. The first-order valence-corrected chi connectivity index (χ1v) is 9.42. The van der Waals surface area contributed by atoms with Crippen LogP contribution in [0.15, 0.2) is 0 Å². The molecule has 0 aliphatic heterocycles. The molecule has 21 heavy (non-hydrogen) atoms. The van der Waals surface area contributed by atoms with Crippen LogP contribution in [0.3, 0.4) is 0 Å². The van der Waals surface area contributed by atoms with E-state index in [0.717, 1.165) is 12.8 Å². The van der Waals surface area contributed by atoms with Gasteiger partial charge in [0.15, 0.2) is 0 Å². The molecule has 0 rings (SSSR count). The number of rotatable bonds is 16. The van der Waals surface area contributed by atoms with Gasteiger partial charge in [0.1, 0.15) is 0 Å². The van der Waals surface area contributed by atoms with Gasteiger partial charge in [-0.2, -0.15) is 0 Å². The number of aliphatic carboxylic acids is 1. The summed E-state index contributed by atoms with van der Waals surface area (Å²) < 4.78 is 0. The van der Waals surface area contributed by atoms with E-state index in [1.165, 1.54) is 77.0 Å². The Labute approximate surface area is 132 Å². The maximum atomic E-state index is 10.9. The highest BCUT2D eigenvalue weighted by Gasteiger charge is 2.12. The summed E-state index contributed by atoms with van der Waals surface area (Å²) in [4.78, 5) is 10.9. The molecule has 2 nitrogen and oxygen atoms in total. The molecular formula is C19H38O2. The minimum Gasteiger partial charge on any atom is -0.481 e. The van der Waals surface area contributed by atoms with E-state index in [2.05, 4.69) is 13.8 Å². The Morgan fingerprint density at radius 3 is 1.57 bits per heavy atom. The molecule has 0 fully saturated rings. The standard InChI is InChI=1S/C19H38O2/c1-3-5-7-8-9-10-11-12-14-16-18(17-19(20)21)15-13-6-4-2/h18H,3-17H2,1-2H3,(H,20,21). The van der Waals surface area contributed by atoms with Crippen molar-refractivity contribution in [2.45, 2.75) is 110 Å². The van der Waals surface area contributed by atoms with E-state index in [9.17, 15) is 4.79 Å². The first-order chi connectivity index (χ1) is 10.2. The zero-order valence-corrected chi connectivity index (χ0v) is 14.5. The number of hydrogen-bond acceptors (Lipinski definition) is 1. The fraction of sp³-hybridized carbons (Fsp3) is 0.947. The van der Waals surface area contributed by atoms with Crippen LogP contribution in [0, 0.1) is 5.92 Å². The van der Waals surface area contributed by atoms with Crippen molar-refractivity contribution in [1.29, 1.82) is 0 Å². The van der Waals surface area contributed by atoms with E-state index in [-0.39, 0.29) is 0 Å². The number of unbranched alkanes of at least 4 members (excludes halogenated alkanes) is 10. The highest BCUT2D eigenvalue weighted by Crippen LogP contribution is 2.21. The zero-order chi connectivity index (χ0) is 15.8. The Hall–Kier alpha value is -0.530. The molecule has 0 aliphatic carbocycles. The Morgan fingerprint density at radius 1 is 0.714 bits per heavy atom. The highest BCUT2D eigenvalue weighted by atomic mass is 16.4. The largest absolute Gasteiger partial charge is 0.481 e. The van der Waals surface area contributed by atoms with E-state index in [0.29, 0.717) is 12.3 Å². The number of carboxylic acids is 1. The molecule has 0 saturated carbocycles. The molecule has 0 amide bonds. The van der Waals surface area contributed by atoms with Crippen LogP contribution in [0.25, 0.3) is 0 Å². The molecule has 0 aromatic carbocycles. The molecule has 2 heteroatoms. The second-order valence-corrected chi connectivity index (χ2v) is 6.58. The van der Waals surface area contributed by atoms with Crippen molar-refractivity contribution in [1.82, 2.24) is 0 Å². The van der Waals surface area contributed by atoms with Crippen LogP contribution in [0.1, 0.15) is 110 Å². The minimum absolute atomic E-state index is 0.376. The molecule has 126 valence electrons. The molecule has 0 aromatic heterocycles. The Morgan fingerprint density at radius 2 is 1.10 bits per heavy atom. The first kappa shape index (κ1) is 20.5. The first-order valence-electron chi connectivity index (χ1n) is 9.42. The third-order valence-electron chi connectivity index (χ3n) is 4.40. The van der Waals surface area contributed by atoms with Crippen molar-refractivity contribution in [3.8, 4) is 0 Å². The molecule has 1 N–H and O–H groups in total. The molecule has 1 unspecified atom stereocenters. The van der Waals surface area contributed by atoms with Gasteiger partial charge >= 0.3 is 5.97 Å². The van der Waals surface area contributed by atoms with Gasteiger partial charge in [0.05, 0.1) is 0 Å². The summed E-state index contributed by atoms with van der Waals surface area (Å²) in [6.07, 6.45) is 18.4. The number of carboxylic acid groups (broad SMARTS) is 1. The lowest BCUT2D eigenvalue weighted by Gasteiger charge is -2.14. The van der Waals surface area contributed by atoms with E-state index in [1.807, 2.05) is 0 Å². The van der Waals surface area contributed by atoms with Crippen molar-refractivity contribution in [2.75, 3.05) is 0 Å². The molecule has 0 spiro atoms. The number of carbonyl (C=O) groups is 1. The van der Waals surface area contributed by atoms with Gasteiger partial charge < -0.3 is 5.11 Å². The average Bonchev–Trinajstić information content (AvgIpc) is 2.45. The Balaban J connectivity index is 3.51. The second-order valence-electron chi connectivity index (χ2n) is 6.58. The number of hydrogen-bond donors (Lipinski definition) is 1. The second kappa shape index (κ2) is 15.9. The lowest BCUT2D eigenvalue weighted by molar-refractivity contribution is -0.138. The molecule has 0 radical (unpaired) electrons. The van der Waals surface area contributed by atoms with E-state index < -0.39 is 5.97 Å². The Bertz CT molecular complexity index is 226. The van der Waals surface area contributed by atoms with Gasteiger partial charge in [0.25, 0.3) is 0 Å². The van der Waals surface area contributed by atoms with Crippen LogP contribution in [-0.2, 0) is 4.79 Å². The fourth-order valence-electron chi connectivity index (χ4n) is 3.02. The van der Waals surface area contributed by atoms with Gasteiger partial charge in [-0.05, 0) is 18.8 Å². The van der Waals surface area contributed by atoms with Crippen LogP contribution in [0.4, 0.5) is 0 Å². The van der Waals surface area contributed by atoms with Crippen LogP contribution >= 0.6 is 0 Å². The summed E-state index contributed by atoms with van der Waals surface area (Å²) in [5.41, 5.74) is 0. The van der Waals surface area contributed by atoms with E-state index >= 15 is 0 Å². The van der Waals surface area contributed by atoms with Crippen molar-refractivity contribution < 1.29 is 9.90 Å². The molecule has 0 aliphatic rings.